The van der Waals surface area contributed by atoms with Gasteiger partial charge in [0.05, 0.1) is 6.04 Å². The summed E-state index contributed by atoms with van der Waals surface area (Å²) in [5, 5.41) is 0. The molecule has 0 heterocycles. The Balaban J connectivity index is 2.39. The van der Waals surface area contributed by atoms with Crippen molar-refractivity contribution in [3.8, 4) is 0 Å². The van der Waals surface area contributed by atoms with Gasteiger partial charge in [-0.15, -0.1) is 0 Å². The van der Waals surface area contributed by atoms with Crippen molar-refractivity contribution in [2.45, 2.75) is 13.0 Å². The smallest absolute Gasteiger partial charge is 0.131 e. The number of rotatable bonds is 5. The van der Waals surface area contributed by atoms with Crippen molar-refractivity contribution in [3.63, 3.8) is 0 Å². The molecular formula is C16H18F2N2. The number of benzene rings is 2. The Morgan fingerprint density at radius 1 is 1.10 bits per heavy atom. The topological polar surface area (TPSA) is 29.3 Å². The zero-order valence-corrected chi connectivity index (χ0v) is 11.4. The highest BCUT2D eigenvalue weighted by Gasteiger charge is 2.21. The monoisotopic (exact) mass is 276 g/mol. The Kier molecular flexibility index (Phi) is 4.69. The Bertz CT molecular complexity index is 558. The summed E-state index contributed by atoms with van der Waals surface area (Å²) in [7, 11) is 0. The molecule has 0 aliphatic rings. The van der Waals surface area contributed by atoms with E-state index in [1.54, 1.807) is 0 Å². The molecule has 0 aromatic heterocycles. The Morgan fingerprint density at radius 2 is 1.80 bits per heavy atom. The summed E-state index contributed by atoms with van der Waals surface area (Å²) >= 11 is 0. The largest absolute Gasteiger partial charge is 0.363 e. The molecule has 0 bridgehead atoms. The predicted octanol–water partition coefficient (Wildman–Crippen LogP) is 3.49. The molecule has 1 atom stereocenters. The van der Waals surface area contributed by atoms with Crippen molar-refractivity contribution in [1.82, 2.24) is 0 Å². The van der Waals surface area contributed by atoms with Gasteiger partial charge in [-0.05, 0) is 25.1 Å². The lowest BCUT2D eigenvalue weighted by Crippen LogP contribution is -2.34. The quantitative estimate of drug-likeness (QED) is 0.905. The number of likely N-dealkylation sites (N-methyl/N-ethyl adjacent to an activating group) is 1. The zero-order valence-electron chi connectivity index (χ0n) is 11.4. The van der Waals surface area contributed by atoms with Crippen molar-refractivity contribution in [3.05, 3.63) is 65.7 Å². The van der Waals surface area contributed by atoms with E-state index in [-0.39, 0.29) is 12.6 Å². The fourth-order valence-electron chi connectivity index (χ4n) is 2.40. The molecule has 0 saturated carbocycles. The summed E-state index contributed by atoms with van der Waals surface area (Å²) in [6.07, 6.45) is 0. The maximum atomic E-state index is 14.0. The van der Waals surface area contributed by atoms with Gasteiger partial charge in [0.25, 0.3) is 0 Å². The van der Waals surface area contributed by atoms with Crippen molar-refractivity contribution < 1.29 is 8.78 Å². The molecule has 2 rings (SSSR count). The lowest BCUT2D eigenvalue weighted by atomic mass is 10.0. The second-order valence-corrected chi connectivity index (χ2v) is 4.54. The van der Waals surface area contributed by atoms with Crippen LogP contribution in [0.4, 0.5) is 14.5 Å². The number of para-hydroxylation sites is 1. The van der Waals surface area contributed by atoms with Gasteiger partial charge < -0.3 is 10.6 Å². The Labute approximate surface area is 117 Å². The molecular weight excluding hydrogens is 258 g/mol. The third-order valence-electron chi connectivity index (χ3n) is 3.35. The van der Waals surface area contributed by atoms with Gasteiger partial charge in [-0.25, -0.2) is 8.78 Å². The van der Waals surface area contributed by atoms with E-state index in [2.05, 4.69) is 0 Å². The molecule has 0 amide bonds. The average Bonchev–Trinajstić information content (AvgIpc) is 2.46. The standard InChI is InChI=1S/C16H18F2N2/c1-2-20(13-6-4-3-5-7-13)16(11-19)14-9-8-12(17)10-15(14)18/h3-10,16H,2,11,19H2,1H3. The summed E-state index contributed by atoms with van der Waals surface area (Å²) in [6, 6.07) is 13.0. The van der Waals surface area contributed by atoms with Gasteiger partial charge >= 0.3 is 0 Å². The molecule has 2 aromatic rings. The predicted molar refractivity (Wildman–Crippen MR) is 77.6 cm³/mol. The second-order valence-electron chi connectivity index (χ2n) is 4.54. The first kappa shape index (κ1) is 14.5. The summed E-state index contributed by atoms with van der Waals surface area (Å²) in [4.78, 5) is 2.01. The van der Waals surface area contributed by atoms with Gasteiger partial charge in [0, 0.05) is 30.4 Å². The van der Waals surface area contributed by atoms with Gasteiger partial charge in [0.1, 0.15) is 11.6 Å². The van der Waals surface area contributed by atoms with Crippen molar-refractivity contribution in [1.29, 1.82) is 0 Å². The molecule has 0 fully saturated rings. The lowest BCUT2D eigenvalue weighted by molar-refractivity contribution is 0.543. The molecule has 4 heteroatoms. The molecule has 0 radical (unpaired) electrons. The normalized spacial score (nSPS) is 12.2. The summed E-state index contributed by atoms with van der Waals surface area (Å²) in [5.74, 6) is -1.14. The van der Waals surface area contributed by atoms with Crippen LogP contribution in [0.3, 0.4) is 0 Å². The van der Waals surface area contributed by atoms with Crippen molar-refractivity contribution >= 4 is 5.69 Å². The van der Waals surface area contributed by atoms with Crippen LogP contribution < -0.4 is 10.6 Å². The molecule has 106 valence electrons. The minimum atomic E-state index is -0.579. The fourth-order valence-corrected chi connectivity index (χ4v) is 2.40. The number of hydrogen-bond donors (Lipinski definition) is 1. The minimum absolute atomic E-state index is 0.255. The number of nitrogens with two attached hydrogens (primary N) is 1. The first-order valence-corrected chi connectivity index (χ1v) is 6.64. The van der Waals surface area contributed by atoms with Gasteiger partial charge in [-0.2, -0.15) is 0 Å². The SMILES string of the molecule is CCN(c1ccccc1)C(CN)c1ccc(F)cc1F. The summed E-state index contributed by atoms with van der Waals surface area (Å²) < 4.78 is 27.0. The molecule has 0 aliphatic heterocycles. The number of halogens is 2. The van der Waals surface area contributed by atoms with Crippen LogP contribution in [0.1, 0.15) is 18.5 Å². The van der Waals surface area contributed by atoms with Crippen LogP contribution in [0.2, 0.25) is 0 Å². The lowest BCUT2D eigenvalue weighted by Gasteiger charge is -2.32. The van der Waals surface area contributed by atoms with Crippen molar-refractivity contribution in [2.75, 3.05) is 18.0 Å². The highest BCUT2D eigenvalue weighted by atomic mass is 19.1. The molecule has 1 unspecified atom stereocenters. The zero-order chi connectivity index (χ0) is 14.5. The van der Waals surface area contributed by atoms with Crippen LogP contribution in [0.15, 0.2) is 48.5 Å². The second kappa shape index (κ2) is 6.48. The van der Waals surface area contributed by atoms with Crippen LogP contribution in [0.5, 0.6) is 0 Å². The number of anilines is 1. The number of hydrogen-bond acceptors (Lipinski definition) is 2. The van der Waals surface area contributed by atoms with E-state index < -0.39 is 11.6 Å². The average molecular weight is 276 g/mol. The van der Waals surface area contributed by atoms with E-state index in [9.17, 15) is 8.78 Å². The fraction of sp³-hybridized carbons (Fsp3) is 0.250. The third kappa shape index (κ3) is 2.96. The van der Waals surface area contributed by atoms with Gasteiger partial charge in [-0.3, -0.25) is 0 Å². The molecule has 2 N–H and O–H groups in total. The van der Waals surface area contributed by atoms with Crippen LogP contribution in [-0.4, -0.2) is 13.1 Å². The van der Waals surface area contributed by atoms with Crippen LogP contribution in [0.25, 0.3) is 0 Å². The summed E-state index contributed by atoms with van der Waals surface area (Å²) in [6.45, 7) is 2.92. The maximum absolute atomic E-state index is 14.0. The molecule has 0 spiro atoms. The molecule has 2 nitrogen and oxygen atoms in total. The van der Waals surface area contributed by atoms with E-state index >= 15 is 0 Å². The Morgan fingerprint density at radius 3 is 2.35 bits per heavy atom. The molecule has 0 saturated heterocycles. The van der Waals surface area contributed by atoms with E-state index in [4.69, 9.17) is 5.73 Å². The first-order valence-electron chi connectivity index (χ1n) is 6.64. The molecule has 20 heavy (non-hydrogen) atoms. The molecule has 0 aliphatic carbocycles. The highest BCUT2D eigenvalue weighted by Crippen LogP contribution is 2.28. The van der Waals surface area contributed by atoms with E-state index in [1.165, 1.54) is 12.1 Å². The maximum Gasteiger partial charge on any atom is 0.131 e. The van der Waals surface area contributed by atoms with E-state index in [0.29, 0.717) is 12.1 Å². The van der Waals surface area contributed by atoms with Gasteiger partial charge in [0.2, 0.25) is 0 Å². The van der Waals surface area contributed by atoms with Crippen molar-refractivity contribution in [2.24, 2.45) is 5.73 Å². The van der Waals surface area contributed by atoms with Gasteiger partial charge in [0.15, 0.2) is 0 Å². The molecule has 2 aromatic carbocycles. The van der Waals surface area contributed by atoms with Gasteiger partial charge in [-0.1, -0.05) is 24.3 Å². The highest BCUT2D eigenvalue weighted by molar-refractivity contribution is 5.49. The summed E-state index contributed by atoms with van der Waals surface area (Å²) in [5.41, 5.74) is 7.21. The van der Waals surface area contributed by atoms with Crippen LogP contribution in [0, 0.1) is 11.6 Å². The number of nitrogens with zero attached hydrogens (tertiary/aromatic N) is 1. The first-order chi connectivity index (χ1) is 9.67. The third-order valence-corrected chi connectivity index (χ3v) is 3.35. The van der Waals surface area contributed by atoms with Crippen LogP contribution in [-0.2, 0) is 0 Å². The van der Waals surface area contributed by atoms with Crippen LogP contribution >= 0.6 is 0 Å². The minimum Gasteiger partial charge on any atom is -0.363 e. The Hall–Kier alpha value is -1.94. The van der Waals surface area contributed by atoms with E-state index in [1.807, 2.05) is 42.2 Å². The van der Waals surface area contributed by atoms with E-state index in [0.717, 1.165) is 11.8 Å².